The molecular weight excluding hydrogens is 540 g/mol. The standard InChI is InChI=1S/C31H34N4O5S/c1-39-25-8-6-21-7-9-26(16-24(21)15-25)41(37,38)35-19-31(17-20-4-3-5-22(14-20)30(32)33)12-10-27(40-2)28(29(31)36)23-11-13-34-18-23/h3-10,12,14-16,23,34-35H,11,13,17-19H2,1-2H3,(H3,32,33)/t23-,31?/m1/s1. The number of benzene rings is 3. The normalized spacial score (nSPS) is 20.9. The minimum Gasteiger partial charge on any atom is -0.497 e. The average Bonchev–Trinajstić information content (AvgIpc) is 3.51. The van der Waals surface area contributed by atoms with Crippen LogP contribution in [0, 0.1) is 16.7 Å². The molecule has 9 nitrogen and oxygen atoms in total. The number of methoxy groups -OCH3 is 2. The molecule has 1 aliphatic heterocycles. The monoisotopic (exact) mass is 574 g/mol. The largest absolute Gasteiger partial charge is 0.497 e. The van der Waals surface area contributed by atoms with Gasteiger partial charge in [0.1, 0.15) is 17.3 Å². The first-order chi connectivity index (χ1) is 19.7. The number of hydrogen-bond acceptors (Lipinski definition) is 7. The highest BCUT2D eigenvalue weighted by atomic mass is 32.2. The molecule has 1 fully saturated rings. The molecule has 5 rings (SSSR count). The van der Waals surface area contributed by atoms with Gasteiger partial charge >= 0.3 is 0 Å². The summed E-state index contributed by atoms with van der Waals surface area (Å²) in [5.74, 6) is 0.823. The number of sulfonamides is 1. The van der Waals surface area contributed by atoms with Crippen molar-refractivity contribution in [1.29, 1.82) is 5.41 Å². The molecule has 10 heteroatoms. The Morgan fingerprint density at radius 3 is 2.61 bits per heavy atom. The Morgan fingerprint density at radius 2 is 1.90 bits per heavy atom. The van der Waals surface area contributed by atoms with Crippen LogP contribution in [0.25, 0.3) is 10.8 Å². The van der Waals surface area contributed by atoms with Gasteiger partial charge in [-0.3, -0.25) is 10.2 Å². The number of hydrogen-bond donors (Lipinski definition) is 4. The number of carbonyl (C=O) groups excluding carboxylic acids is 1. The molecule has 0 spiro atoms. The Morgan fingerprint density at radius 1 is 1.10 bits per heavy atom. The van der Waals surface area contributed by atoms with Crippen LogP contribution in [-0.4, -0.2) is 53.9 Å². The summed E-state index contributed by atoms with van der Waals surface area (Å²) in [5, 5.41) is 12.8. The van der Waals surface area contributed by atoms with Crippen LogP contribution in [-0.2, 0) is 26.0 Å². The van der Waals surface area contributed by atoms with E-state index in [2.05, 4.69) is 10.0 Å². The zero-order valence-corrected chi connectivity index (χ0v) is 23.9. The number of nitrogens with one attached hydrogen (secondary N) is 3. The lowest BCUT2D eigenvalue weighted by Crippen LogP contribution is -2.46. The zero-order chi connectivity index (χ0) is 29.2. The van der Waals surface area contributed by atoms with Gasteiger partial charge in [0.15, 0.2) is 5.78 Å². The molecule has 0 bridgehead atoms. The third-order valence-electron chi connectivity index (χ3n) is 7.87. The van der Waals surface area contributed by atoms with Gasteiger partial charge < -0.3 is 20.5 Å². The van der Waals surface area contributed by atoms with Crippen molar-refractivity contribution in [2.75, 3.05) is 33.9 Å². The Hall–Kier alpha value is -3.99. The van der Waals surface area contributed by atoms with Gasteiger partial charge in [-0.05, 0) is 72.1 Å². The van der Waals surface area contributed by atoms with Crippen LogP contribution in [0.5, 0.6) is 5.75 Å². The number of carbonyl (C=O) groups is 1. The van der Waals surface area contributed by atoms with Crippen molar-refractivity contribution >= 4 is 32.4 Å². The highest BCUT2D eigenvalue weighted by Gasteiger charge is 2.45. The van der Waals surface area contributed by atoms with Crippen LogP contribution < -0.4 is 20.5 Å². The number of nitrogen functional groups attached to an aromatic ring is 1. The summed E-state index contributed by atoms with van der Waals surface area (Å²) in [4.78, 5) is 14.5. The SMILES string of the molecule is COC1=C([C@@H]2CCNC2)C(=O)C(CNS(=O)(=O)c2ccc3ccc(OC)cc3c2)(Cc2cccc(C(=N)N)c2)C=C1. The van der Waals surface area contributed by atoms with Crippen molar-refractivity contribution < 1.29 is 22.7 Å². The molecule has 1 aliphatic carbocycles. The summed E-state index contributed by atoms with van der Waals surface area (Å²) in [6.07, 6.45) is 4.51. The number of nitrogens with two attached hydrogens (primary N) is 1. The fraction of sp³-hybridized carbons (Fsp3) is 0.290. The molecule has 2 atom stereocenters. The zero-order valence-electron chi connectivity index (χ0n) is 23.1. The summed E-state index contributed by atoms with van der Waals surface area (Å²) < 4.78 is 40.9. The van der Waals surface area contributed by atoms with E-state index in [4.69, 9.17) is 20.6 Å². The third kappa shape index (κ3) is 5.76. The molecule has 214 valence electrons. The summed E-state index contributed by atoms with van der Waals surface area (Å²) in [6.45, 7) is 1.27. The molecule has 1 saturated heterocycles. The minimum atomic E-state index is -3.99. The molecule has 0 aromatic heterocycles. The molecule has 41 heavy (non-hydrogen) atoms. The van der Waals surface area contributed by atoms with E-state index in [1.165, 1.54) is 7.11 Å². The number of amidine groups is 1. The molecule has 0 radical (unpaired) electrons. The van der Waals surface area contributed by atoms with E-state index in [1.807, 2.05) is 18.2 Å². The van der Waals surface area contributed by atoms with Gasteiger partial charge in [0.05, 0.1) is 24.5 Å². The van der Waals surface area contributed by atoms with E-state index in [9.17, 15) is 13.2 Å². The molecule has 1 unspecified atom stereocenters. The lowest BCUT2D eigenvalue weighted by molar-refractivity contribution is -0.123. The van der Waals surface area contributed by atoms with Gasteiger partial charge in [0.2, 0.25) is 10.0 Å². The Labute approximate surface area is 240 Å². The second-order valence-corrected chi connectivity index (χ2v) is 12.2. The van der Waals surface area contributed by atoms with Crippen LogP contribution in [0.4, 0.5) is 0 Å². The highest BCUT2D eigenvalue weighted by molar-refractivity contribution is 7.89. The van der Waals surface area contributed by atoms with E-state index < -0.39 is 15.4 Å². The van der Waals surface area contributed by atoms with Crippen molar-refractivity contribution in [2.45, 2.75) is 17.7 Å². The fourth-order valence-corrected chi connectivity index (χ4v) is 6.75. The molecule has 3 aromatic rings. The average molecular weight is 575 g/mol. The summed E-state index contributed by atoms with van der Waals surface area (Å²) in [5.41, 5.74) is 6.37. The predicted octanol–water partition coefficient (Wildman–Crippen LogP) is 3.29. The van der Waals surface area contributed by atoms with Crippen molar-refractivity contribution in [3.8, 4) is 5.75 Å². The van der Waals surface area contributed by atoms with Crippen molar-refractivity contribution in [3.63, 3.8) is 0 Å². The molecule has 0 saturated carbocycles. The van der Waals surface area contributed by atoms with Crippen LogP contribution in [0.2, 0.25) is 0 Å². The predicted molar refractivity (Wildman–Crippen MR) is 158 cm³/mol. The van der Waals surface area contributed by atoms with Crippen LogP contribution >= 0.6 is 0 Å². The number of ether oxygens (including phenoxy) is 2. The molecule has 2 aliphatic rings. The molecule has 0 amide bonds. The topological polar surface area (TPSA) is 144 Å². The molecule has 1 heterocycles. The summed E-state index contributed by atoms with van der Waals surface area (Å²) in [6, 6.07) is 17.5. The molecular formula is C31H34N4O5S. The summed E-state index contributed by atoms with van der Waals surface area (Å²) >= 11 is 0. The smallest absolute Gasteiger partial charge is 0.240 e. The van der Waals surface area contributed by atoms with Gasteiger partial charge in [-0.1, -0.05) is 36.4 Å². The number of ketones is 1. The van der Waals surface area contributed by atoms with Crippen molar-refractivity contribution in [2.24, 2.45) is 17.1 Å². The van der Waals surface area contributed by atoms with Gasteiger partial charge in [0, 0.05) is 30.1 Å². The first kappa shape index (κ1) is 28.5. The van der Waals surface area contributed by atoms with E-state index in [1.54, 1.807) is 61.7 Å². The van der Waals surface area contributed by atoms with Crippen LogP contribution in [0.1, 0.15) is 17.5 Å². The van der Waals surface area contributed by atoms with Gasteiger partial charge in [-0.2, -0.15) is 0 Å². The maximum absolute atomic E-state index is 14.4. The highest BCUT2D eigenvalue weighted by Crippen LogP contribution is 2.39. The van der Waals surface area contributed by atoms with E-state index in [0.717, 1.165) is 29.3 Å². The number of fused-ring (bicyclic) bond motifs is 1. The summed E-state index contributed by atoms with van der Waals surface area (Å²) in [7, 11) is -0.896. The third-order valence-corrected chi connectivity index (χ3v) is 9.27. The van der Waals surface area contributed by atoms with Gasteiger partial charge in [0.25, 0.3) is 0 Å². The maximum Gasteiger partial charge on any atom is 0.240 e. The van der Waals surface area contributed by atoms with Crippen LogP contribution in [0.3, 0.4) is 0 Å². The number of allylic oxidation sites excluding steroid dienone is 1. The Balaban J connectivity index is 1.51. The number of rotatable bonds is 10. The molecule has 3 aromatic carbocycles. The van der Waals surface area contributed by atoms with Crippen molar-refractivity contribution in [1.82, 2.24) is 10.0 Å². The van der Waals surface area contributed by atoms with Crippen molar-refractivity contribution in [3.05, 3.63) is 95.3 Å². The quantitative estimate of drug-likeness (QED) is 0.215. The lowest BCUT2D eigenvalue weighted by atomic mass is 9.69. The lowest BCUT2D eigenvalue weighted by Gasteiger charge is -2.35. The first-order valence-electron chi connectivity index (χ1n) is 13.4. The number of Topliss-reactive ketones (excluding diaryl/α,β-unsaturated/α-hetero) is 1. The maximum atomic E-state index is 14.4. The van der Waals surface area contributed by atoms with E-state index in [-0.39, 0.29) is 35.4 Å². The second kappa shape index (κ2) is 11.5. The van der Waals surface area contributed by atoms with Gasteiger partial charge in [-0.25, -0.2) is 13.1 Å². The second-order valence-electron chi connectivity index (χ2n) is 10.5. The van der Waals surface area contributed by atoms with E-state index >= 15 is 0 Å². The fourth-order valence-electron chi connectivity index (χ4n) is 5.60. The first-order valence-corrected chi connectivity index (χ1v) is 14.9. The van der Waals surface area contributed by atoms with Gasteiger partial charge in [-0.15, -0.1) is 0 Å². The minimum absolute atomic E-state index is 0.0441. The molecule has 5 N–H and O–H groups in total. The van der Waals surface area contributed by atoms with E-state index in [0.29, 0.717) is 29.2 Å². The Bertz CT molecular complexity index is 1670. The Kier molecular flexibility index (Phi) is 7.99. The van der Waals surface area contributed by atoms with Crippen LogP contribution in [0.15, 0.2) is 89.0 Å².